The molecule has 0 fully saturated rings. The molecular weight excluding hydrogens is 280 g/mol. The van der Waals surface area contributed by atoms with Crippen molar-refractivity contribution in [2.24, 2.45) is 0 Å². The molecule has 5 rings (SSSR count). The summed E-state index contributed by atoms with van der Waals surface area (Å²) >= 11 is 0. The molecule has 0 spiro atoms. The van der Waals surface area contributed by atoms with Crippen molar-refractivity contribution in [1.82, 2.24) is 10.2 Å². The Balaban J connectivity index is 1.60. The number of hydrogen-bond donors (Lipinski definition) is 1. The Kier molecular flexibility index (Phi) is 2.48. The molecule has 22 heavy (non-hydrogen) atoms. The number of benzene rings is 1. The summed E-state index contributed by atoms with van der Waals surface area (Å²) in [6.45, 7) is 2.07. The van der Waals surface area contributed by atoms with Crippen LogP contribution < -0.4 is 14.8 Å². The Labute approximate surface area is 128 Å². The predicted molar refractivity (Wildman–Crippen MR) is 79.6 cm³/mol. The monoisotopic (exact) mass is 298 g/mol. The van der Waals surface area contributed by atoms with Crippen LogP contribution in [-0.2, 0) is 11.2 Å². The number of fused-ring (bicyclic) bond motifs is 4. The SMILES string of the molecule is O=C1C2=C(CC3c4cc5c(cc4CCN13)OCO5)NCCC2. The summed E-state index contributed by atoms with van der Waals surface area (Å²) in [4.78, 5) is 14.9. The predicted octanol–water partition coefficient (Wildman–Crippen LogP) is 1.88. The second kappa shape index (κ2) is 4.41. The smallest absolute Gasteiger partial charge is 0.252 e. The summed E-state index contributed by atoms with van der Waals surface area (Å²) in [7, 11) is 0. The molecule has 1 amide bonds. The Morgan fingerprint density at radius 1 is 1.18 bits per heavy atom. The van der Waals surface area contributed by atoms with Gasteiger partial charge in [-0.3, -0.25) is 4.79 Å². The molecule has 0 aromatic heterocycles. The van der Waals surface area contributed by atoms with Gasteiger partial charge < -0.3 is 19.7 Å². The van der Waals surface area contributed by atoms with E-state index in [-0.39, 0.29) is 11.9 Å². The minimum Gasteiger partial charge on any atom is -0.454 e. The summed E-state index contributed by atoms with van der Waals surface area (Å²) < 4.78 is 11.0. The highest BCUT2D eigenvalue weighted by molar-refractivity contribution is 5.96. The van der Waals surface area contributed by atoms with Crippen LogP contribution in [0, 0.1) is 0 Å². The van der Waals surface area contributed by atoms with E-state index < -0.39 is 0 Å². The number of ether oxygens (including phenoxy) is 2. The quantitative estimate of drug-likeness (QED) is 0.794. The third kappa shape index (κ3) is 1.62. The summed E-state index contributed by atoms with van der Waals surface area (Å²) in [5.41, 5.74) is 4.68. The highest BCUT2D eigenvalue weighted by atomic mass is 16.7. The molecule has 5 nitrogen and oxygen atoms in total. The van der Waals surface area contributed by atoms with Crippen molar-refractivity contribution < 1.29 is 14.3 Å². The normalized spacial score (nSPS) is 25.4. The average Bonchev–Trinajstić information content (AvgIpc) is 3.00. The first kappa shape index (κ1) is 12.4. The summed E-state index contributed by atoms with van der Waals surface area (Å²) in [5.74, 6) is 1.87. The highest BCUT2D eigenvalue weighted by Crippen LogP contribution is 2.45. The van der Waals surface area contributed by atoms with E-state index in [2.05, 4.69) is 22.3 Å². The highest BCUT2D eigenvalue weighted by Gasteiger charge is 2.39. The molecule has 5 heteroatoms. The van der Waals surface area contributed by atoms with Crippen molar-refractivity contribution in [2.75, 3.05) is 19.9 Å². The van der Waals surface area contributed by atoms with Crippen molar-refractivity contribution in [3.8, 4) is 11.5 Å². The van der Waals surface area contributed by atoms with Gasteiger partial charge in [0, 0.05) is 30.8 Å². The molecule has 114 valence electrons. The van der Waals surface area contributed by atoms with Crippen molar-refractivity contribution in [1.29, 1.82) is 0 Å². The minimum absolute atomic E-state index is 0.134. The topological polar surface area (TPSA) is 50.8 Å². The number of carbonyl (C=O) groups is 1. The molecule has 0 radical (unpaired) electrons. The van der Waals surface area contributed by atoms with Crippen molar-refractivity contribution in [2.45, 2.75) is 31.7 Å². The molecule has 4 aliphatic heterocycles. The molecule has 4 aliphatic rings. The molecule has 1 atom stereocenters. The third-order valence-electron chi connectivity index (χ3n) is 5.21. The average molecular weight is 298 g/mol. The maximum absolute atomic E-state index is 12.8. The van der Waals surface area contributed by atoms with Crippen LogP contribution in [0.1, 0.15) is 36.4 Å². The van der Waals surface area contributed by atoms with Gasteiger partial charge in [0.2, 0.25) is 6.79 Å². The van der Waals surface area contributed by atoms with Crippen LogP contribution in [0.4, 0.5) is 0 Å². The molecule has 1 N–H and O–H groups in total. The van der Waals surface area contributed by atoms with E-state index in [1.807, 2.05) is 0 Å². The summed E-state index contributed by atoms with van der Waals surface area (Å²) in [5, 5.41) is 3.44. The van der Waals surface area contributed by atoms with Gasteiger partial charge in [0.25, 0.3) is 5.91 Å². The van der Waals surface area contributed by atoms with Crippen molar-refractivity contribution in [3.05, 3.63) is 34.5 Å². The Hall–Kier alpha value is -2.17. The maximum atomic E-state index is 12.8. The first-order valence-electron chi connectivity index (χ1n) is 8.00. The molecule has 4 heterocycles. The lowest BCUT2D eigenvalue weighted by Gasteiger charge is -2.43. The second-order valence-electron chi connectivity index (χ2n) is 6.36. The van der Waals surface area contributed by atoms with Crippen LogP contribution in [0.3, 0.4) is 0 Å². The lowest BCUT2D eigenvalue weighted by Crippen LogP contribution is -2.46. The van der Waals surface area contributed by atoms with E-state index in [4.69, 9.17) is 9.47 Å². The van der Waals surface area contributed by atoms with Crippen LogP contribution in [-0.4, -0.2) is 30.7 Å². The number of amides is 1. The summed E-state index contributed by atoms with van der Waals surface area (Å²) in [6.07, 6.45) is 3.76. The van der Waals surface area contributed by atoms with Gasteiger partial charge in [-0.2, -0.15) is 0 Å². The molecule has 0 aliphatic carbocycles. The van der Waals surface area contributed by atoms with Gasteiger partial charge in [0.1, 0.15) is 0 Å². The van der Waals surface area contributed by atoms with Gasteiger partial charge in [-0.15, -0.1) is 0 Å². The van der Waals surface area contributed by atoms with Crippen molar-refractivity contribution >= 4 is 5.91 Å². The van der Waals surface area contributed by atoms with E-state index in [1.54, 1.807) is 0 Å². The fourth-order valence-corrected chi connectivity index (χ4v) is 4.11. The van der Waals surface area contributed by atoms with Gasteiger partial charge in [-0.25, -0.2) is 0 Å². The molecular formula is C17H18N2O3. The Bertz CT molecular complexity index is 710. The van der Waals surface area contributed by atoms with Gasteiger partial charge >= 0.3 is 0 Å². The molecule has 1 aromatic carbocycles. The number of nitrogens with one attached hydrogen (secondary N) is 1. The van der Waals surface area contributed by atoms with E-state index in [0.29, 0.717) is 6.79 Å². The van der Waals surface area contributed by atoms with Crippen LogP contribution >= 0.6 is 0 Å². The molecule has 1 unspecified atom stereocenters. The van der Waals surface area contributed by atoms with E-state index in [9.17, 15) is 4.79 Å². The zero-order chi connectivity index (χ0) is 14.7. The van der Waals surface area contributed by atoms with E-state index in [0.717, 1.165) is 61.5 Å². The standard InChI is InChI=1S/C17H18N2O3/c20-17-11-2-1-4-18-13(11)8-14-12-7-16-15(21-9-22-16)6-10(12)3-5-19(14)17/h6-7,14,18H,1-5,8-9H2. The molecule has 0 bridgehead atoms. The number of hydrogen-bond acceptors (Lipinski definition) is 4. The zero-order valence-corrected chi connectivity index (χ0v) is 12.4. The van der Waals surface area contributed by atoms with Gasteiger partial charge in [0.05, 0.1) is 6.04 Å². The van der Waals surface area contributed by atoms with Crippen LogP contribution in [0.5, 0.6) is 11.5 Å². The number of rotatable bonds is 0. The fraction of sp³-hybridized carbons (Fsp3) is 0.471. The van der Waals surface area contributed by atoms with E-state index in [1.165, 1.54) is 11.1 Å². The summed E-state index contributed by atoms with van der Waals surface area (Å²) in [6, 6.07) is 4.31. The molecule has 0 saturated heterocycles. The number of carbonyl (C=O) groups excluding carboxylic acids is 1. The maximum Gasteiger partial charge on any atom is 0.252 e. The lowest BCUT2D eigenvalue weighted by atomic mass is 9.84. The van der Waals surface area contributed by atoms with Crippen LogP contribution in [0.15, 0.2) is 23.4 Å². The first-order valence-corrected chi connectivity index (χ1v) is 8.00. The number of nitrogens with zero attached hydrogens (tertiary/aromatic N) is 1. The van der Waals surface area contributed by atoms with Crippen LogP contribution in [0.2, 0.25) is 0 Å². The van der Waals surface area contributed by atoms with Gasteiger partial charge in [-0.1, -0.05) is 0 Å². The third-order valence-corrected chi connectivity index (χ3v) is 5.21. The van der Waals surface area contributed by atoms with E-state index >= 15 is 0 Å². The fourth-order valence-electron chi connectivity index (χ4n) is 4.11. The Morgan fingerprint density at radius 3 is 2.95 bits per heavy atom. The van der Waals surface area contributed by atoms with Crippen molar-refractivity contribution in [3.63, 3.8) is 0 Å². The molecule has 0 saturated carbocycles. The van der Waals surface area contributed by atoms with Gasteiger partial charge in [0.15, 0.2) is 11.5 Å². The Morgan fingerprint density at radius 2 is 2.05 bits per heavy atom. The van der Waals surface area contributed by atoms with Crippen LogP contribution in [0.25, 0.3) is 0 Å². The molecule has 1 aromatic rings. The first-order chi connectivity index (χ1) is 10.8. The largest absolute Gasteiger partial charge is 0.454 e. The lowest BCUT2D eigenvalue weighted by molar-refractivity contribution is -0.131. The second-order valence-corrected chi connectivity index (χ2v) is 6.36. The minimum atomic E-state index is 0.134. The zero-order valence-electron chi connectivity index (χ0n) is 12.4. The van der Waals surface area contributed by atoms with Gasteiger partial charge in [-0.05, 0) is 42.5 Å².